The molecule has 5 rings (SSSR count). The van der Waals surface area contributed by atoms with Gasteiger partial charge in [-0.15, -0.1) is 0 Å². The highest BCUT2D eigenvalue weighted by atomic mass is 16.6. The van der Waals surface area contributed by atoms with Gasteiger partial charge in [0.1, 0.15) is 11.4 Å². The molecule has 2 aromatic carbocycles. The predicted molar refractivity (Wildman–Crippen MR) is 160 cm³/mol. The number of hydrogen-bond acceptors (Lipinski definition) is 7. The van der Waals surface area contributed by atoms with Crippen LogP contribution in [-0.2, 0) is 22.3 Å². The number of nitrogens with one attached hydrogen (secondary N) is 1. The number of aliphatic hydroxyl groups is 1. The highest BCUT2D eigenvalue weighted by Gasteiger charge is 2.41. The lowest BCUT2D eigenvalue weighted by Gasteiger charge is -2.34. The molecule has 2 unspecified atom stereocenters. The second-order valence-electron chi connectivity index (χ2n) is 12.6. The average Bonchev–Trinajstić information content (AvgIpc) is 3.50. The van der Waals surface area contributed by atoms with Crippen LogP contribution < -0.4 is 10.1 Å². The van der Waals surface area contributed by atoms with Gasteiger partial charge in [-0.25, -0.2) is 4.79 Å². The van der Waals surface area contributed by atoms with E-state index in [0.29, 0.717) is 44.0 Å². The maximum atomic E-state index is 13.4. The first kappa shape index (κ1) is 30.8. The standard InChI is InChI=1S/C33H43N3O7/c1-5-42-29-16-23(31(39)36-24-11-12-25(36)20-41-19-24)10-13-28(29)30(38)34-17-27(37)18-35(32(40)43-33(2,3)4)26-14-21-8-6-7-9-22(21)15-26/h6-10,13,16,24-27,37H,5,11-12,14-15,17-20H2,1-4H3,(H,34,38)/t24?,25?,27-/m0/s1. The quantitative estimate of drug-likeness (QED) is 0.456. The van der Waals surface area contributed by atoms with Crippen molar-refractivity contribution in [1.82, 2.24) is 15.1 Å². The zero-order valence-electron chi connectivity index (χ0n) is 25.5. The van der Waals surface area contributed by atoms with Gasteiger partial charge in [0.05, 0.1) is 50.1 Å². The fraction of sp³-hybridized carbons (Fsp3) is 0.545. The van der Waals surface area contributed by atoms with Crippen LogP contribution in [0.15, 0.2) is 42.5 Å². The summed E-state index contributed by atoms with van der Waals surface area (Å²) in [6.07, 6.45) is 1.66. The van der Waals surface area contributed by atoms with Crippen molar-refractivity contribution in [2.24, 2.45) is 0 Å². The van der Waals surface area contributed by atoms with Gasteiger partial charge in [-0.05, 0) is 82.7 Å². The Bertz CT molecular complexity index is 1300. The monoisotopic (exact) mass is 593 g/mol. The Labute approximate surface area is 253 Å². The number of fused-ring (bicyclic) bond motifs is 3. The number of hydrogen-bond donors (Lipinski definition) is 2. The van der Waals surface area contributed by atoms with Crippen molar-refractivity contribution in [2.75, 3.05) is 32.9 Å². The third-order valence-electron chi connectivity index (χ3n) is 8.25. The number of carbonyl (C=O) groups is 3. The van der Waals surface area contributed by atoms with Crippen LogP contribution in [0.4, 0.5) is 4.79 Å². The average molecular weight is 594 g/mol. The minimum absolute atomic E-state index is 0.00148. The summed E-state index contributed by atoms with van der Waals surface area (Å²) >= 11 is 0. The Morgan fingerprint density at radius 3 is 2.33 bits per heavy atom. The van der Waals surface area contributed by atoms with Crippen molar-refractivity contribution in [1.29, 1.82) is 0 Å². The fourth-order valence-corrected chi connectivity index (χ4v) is 6.27. The summed E-state index contributed by atoms with van der Waals surface area (Å²) in [5.74, 6) is -0.222. The molecule has 3 atom stereocenters. The van der Waals surface area contributed by atoms with Crippen LogP contribution >= 0.6 is 0 Å². The largest absolute Gasteiger partial charge is 0.493 e. The van der Waals surface area contributed by atoms with Gasteiger partial charge in [0.25, 0.3) is 11.8 Å². The van der Waals surface area contributed by atoms with Gasteiger partial charge in [-0.3, -0.25) is 9.59 Å². The summed E-state index contributed by atoms with van der Waals surface area (Å²) in [6, 6.07) is 12.9. The molecule has 2 fully saturated rings. The predicted octanol–water partition coefficient (Wildman–Crippen LogP) is 3.58. The fourth-order valence-electron chi connectivity index (χ4n) is 6.27. The molecule has 3 amide bonds. The van der Waals surface area contributed by atoms with E-state index in [0.717, 1.165) is 12.8 Å². The van der Waals surface area contributed by atoms with Gasteiger partial charge in [-0.2, -0.15) is 0 Å². The molecular weight excluding hydrogens is 550 g/mol. The molecule has 2 aromatic rings. The summed E-state index contributed by atoms with van der Waals surface area (Å²) in [4.78, 5) is 43.3. The van der Waals surface area contributed by atoms with Gasteiger partial charge < -0.3 is 34.4 Å². The number of ether oxygens (including phenoxy) is 3. The summed E-state index contributed by atoms with van der Waals surface area (Å²) in [7, 11) is 0. The van der Waals surface area contributed by atoms with Crippen LogP contribution in [0.1, 0.15) is 72.4 Å². The Hall–Kier alpha value is -3.63. The Kier molecular flexibility index (Phi) is 9.27. The SMILES string of the molecule is CCOc1cc(C(=O)N2C3CCC2COC3)ccc1C(=O)NC[C@H](O)CN(C(=O)OC(C)(C)C)C1Cc2ccccc2C1. The van der Waals surface area contributed by atoms with E-state index in [-0.39, 0.29) is 42.7 Å². The van der Waals surface area contributed by atoms with E-state index < -0.39 is 23.7 Å². The number of morpholine rings is 1. The third-order valence-corrected chi connectivity index (χ3v) is 8.25. The summed E-state index contributed by atoms with van der Waals surface area (Å²) in [5, 5.41) is 13.7. The number of aliphatic hydroxyl groups excluding tert-OH is 1. The highest BCUT2D eigenvalue weighted by molar-refractivity contribution is 6.00. The summed E-state index contributed by atoms with van der Waals surface area (Å²) in [5.41, 5.74) is 2.39. The normalized spacial score (nSPS) is 20.3. The van der Waals surface area contributed by atoms with Gasteiger partial charge >= 0.3 is 6.09 Å². The van der Waals surface area contributed by atoms with Gasteiger partial charge in [0.2, 0.25) is 0 Å². The maximum absolute atomic E-state index is 13.4. The molecule has 0 spiro atoms. The molecule has 2 N–H and O–H groups in total. The number of nitrogens with zero attached hydrogens (tertiary/aromatic N) is 2. The molecule has 2 aliphatic heterocycles. The van der Waals surface area contributed by atoms with Crippen LogP contribution in [0.25, 0.3) is 0 Å². The van der Waals surface area contributed by atoms with Crippen molar-refractivity contribution in [2.45, 2.75) is 83.2 Å². The van der Waals surface area contributed by atoms with E-state index in [2.05, 4.69) is 17.4 Å². The topological polar surface area (TPSA) is 118 Å². The van der Waals surface area contributed by atoms with Crippen molar-refractivity contribution >= 4 is 17.9 Å². The molecule has 43 heavy (non-hydrogen) atoms. The van der Waals surface area contributed by atoms with Gasteiger partial charge in [-0.1, -0.05) is 24.3 Å². The van der Waals surface area contributed by atoms with Crippen molar-refractivity contribution in [3.63, 3.8) is 0 Å². The first-order valence-corrected chi connectivity index (χ1v) is 15.2. The second-order valence-corrected chi connectivity index (χ2v) is 12.6. The van der Waals surface area contributed by atoms with Crippen molar-refractivity contribution < 1.29 is 33.7 Å². The molecule has 10 heteroatoms. The first-order chi connectivity index (χ1) is 20.5. The minimum atomic E-state index is -1.03. The Morgan fingerprint density at radius 1 is 1.07 bits per heavy atom. The lowest BCUT2D eigenvalue weighted by molar-refractivity contribution is -0.00718. The molecule has 1 aliphatic carbocycles. The Morgan fingerprint density at radius 2 is 1.72 bits per heavy atom. The molecular formula is C33H43N3O7. The van der Waals surface area contributed by atoms with Crippen LogP contribution in [-0.4, -0.2) is 95.6 Å². The molecule has 0 aromatic heterocycles. The first-order valence-electron chi connectivity index (χ1n) is 15.2. The van der Waals surface area contributed by atoms with Crippen molar-refractivity contribution in [3.05, 3.63) is 64.7 Å². The summed E-state index contributed by atoms with van der Waals surface area (Å²) < 4.78 is 17.1. The maximum Gasteiger partial charge on any atom is 0.410 e. The van der Waals surface area contributed by atoms with E-state index in [1.165, 1.54) is 11.1 Å². The van der Waals surface area contributed by atoms with Crippen molar-refractivity contribution in [3.8, 4) is 5.75 Å². The number of carbonyl (C=O) groups excluding carboxylic acids is 3. The molecule has 3 aliphatic rings. The molecule has 2 bridgehead atoms. The van der Waals surface area contributed by atoms with E-state index >= 15 is 0 Å². The van der Waals surface area contributed by atoms with Crippen LogP contribution in [0, 0.1) is 0 Å². The Balaban J connectivity index is 1.24. The van der Waals surface area contributed by atoms with E-state index in [9.17, 15) is 19.5 Å². The zero-order valence-corrected chi connectivity index (χ0v) is 25.5. The van der Waals surface area contributed by atoms with Crippen LogP contribution in [0.2, 0.25) is 0 Å². The second kappa shape index (κ2) is 12.9. The van der Waals surface area contributed by atoms with Gasteiger partial charge in [0.15, 0.2) is 0 Å². The molecule has 0 saturated carbocycles. The lowest BCUT2D eigenvalue weighted by Crippen LogP contribution is -2.49. The van der Waals surface area contributed by atoms with Gasteiger partial charge in [0, 0.05) is 18.2 Å². The molecule has 232 valence electrons. The third kappa shape index (κ3) is 7.13. The minimum Gasteiger partial charge on any atom is -0.493 e. The number of benzene rings is 2. The lowest BCUT2D eigenvalue weighted by atomic mass is 10.1. The highest BCUT2D eigenvalue weighted by Crippen LogP contribution is 2.32. The van der Waals surface area contributed by atoms with E-state index in [1.54, 1.807) is 23.1 Å². The van der Waals surface area contributed by atoms with E-state index in [4.69, 9.17) is 14.2 Å². The van der Waals surface area contributed by atoms with E-state index in [1.807, 2.05) is 44.7 Å². The summed E-state index contributed by atoms with van der Waals surface area (Å²) in [6.45, 7) is 8.57. The number of rotatable bonds is 9. The van der Waals surface area contributed by atoms with Crippen LogP contribution in [0.5, 0.6) is 5.75 Å². The smallest absolute Gasteiger partial charge is 0.410 e. The number of amides is 3. The molecule has 2 heterocycles. The molecule has 0 radical (unpaired) electrons. The van der Waals surface area contributed by atoms with Crippen LogP contribution in [0.3, 0.4) is 0 Å². The zero-order chi connectivity index (χ0) is 30.7. The molecule has 10 nitrogen and oxygen atoms in total. The molecule has 2 saturated heterocycles.